The molecule has 2 aromatic rings. The molecule has 0 unspecified atom stereocenters. The highest BCUT2D eigenvalue weighted by Gasteiger charge is 2.23. The lowest BCUT2D eigenvalue weighted by atomic mass is 10.1. The second-order valence-electron chi connectivity index (χ2n) is 5.96. The highest BCUT2D eigenvalue weighted by molar-refractivity contribution is 5.95. The molecule has 1 atom stereocenters. The van der Waals surface area contributed by atoms with Crippen LogP contribution in [0.1, 0.15) is 22.3 Å². The van der Waals surface area contributed by atoms with Gasteiger partial charge in [-0.2, -0.15) is 0 Å². The van der Waals surface area contributed by atoms with Gasteiger partial charge in [-0.15, -0.1) is 0 Å². The maximum Gasteiger partial charge on any atom is 0.251 e. The van der Waals surface area contributed by atoms with E-state index in [2.05, 4.69) is 34.5 Å². The van der Waals surface area contributed by atoms with Gasteiger partial charge < -0.3 is 10.2 Å². The molecule has 22 heavy (non-hydrogen) atoms. The number of carbonyl (C=O) groups excluding carboxylic acids is 1. The van der Waals surface area contributed by atoms with Crippen LogP contribution in [0.25, 0.3) is 0 Å². The van der Waals surface area contributed by atoms with Gasteiger partial charge in [-0.3, -0.25) is 4.79 Å². The molecule has 0 aromatic heterocycles. The Morgan fingerprint density at radius 3 is 2.64 bits per heavy atom. The molecule has 1 amide bonds. The lowest BCUT2D eigenvalue weighted by molar-refractivity contribution is 0.0947. The molecule has 1 aliphatic rings. The van der Waals surface area contributed by atoms with E-state index in [9.17, 15) is 4.79 Å². The Labute approximate surface area is 132 Å². The summed E-state index contributed by atoms with van der Waals surface area (Å²) in [5, 5.41) is 3.09. The van der Waals surface area contributed by atoms with Crippen molar-refractivity contribution in [3.05, 3.63) is 65.7 Å². The number of benzene rings is 2. The molecule has 2 aromatic carbocycles. The second-order valence-corrected chi connectivity index (χ2v) is 5.96. The predicted octanol–water partition coefficient (Wildman–Crippen LogP) is 3.25. The summed E-state index contributed by atoms with van der Waals surface area (Å²) in [6, 6.07) is 18.2. The van der Waals surface area contributed by atoms with E-state index in [-0.39, 0.29) is 5.91 Å². The first-order valence-corrected chi connectivity index (χ1v) is 7.88. The van der Waals surface area contributed by atoms with Gasteiger partial charge in [-0.05, 0) is 43.0 Å². The van der Waals surface area contributed by atoms with Crippen molar-refractivity contribution in [3.8, 4) is 0 Å². The summed E-state index contributed by atoms with van der Waals surface area (Å²) >= 11 is 0. The van der Waals surface area contributed by atoms with E-state index in [1.165, 1.54) is 5.69 Å². The molecule has 1 saturated heterocycles. The van der Waals surface area contributed by atoms with E-state index in [1.807, 2.05) is 37.3 Å². The zero-order valence-electron chi connectivity index (χ0n) is 13.0. The van der Waals surface area contributed by atoms with Crippen LogP contribution in [0.2, 0.25) is 0 Å². The highest BCUT2D eigenvalue weighted by Crippen LogP contribution is 2.23. The van der Waals surface area contributed by atoms with Crippen LogP contribution in [0, 0.1) is 12.8 Å². The first-order valence-electron chi connectivity index (χ1n) is 7.88. The second kappa shape index (κ2) is 6.65. The number of amides is 1. The number of hydrogen-bond acceptors (Lipinski definition) is 2. The fraction of sp³-hybridized carbons (Fsp3) is 0.316. The Kier molecular flexibility index (Phi) is 4.42. The van der Waals surface area contributed by atoms with Crippen LogP contribution in [-0.4, -0.2) is 25.5 Å². The van der Waals surface area contributed by atoms with Crippen molar-refractivity contribution in [1.29, 1.82) is 0 Å². The lowest BCUT2D eigenvalue weighted by Crippen LogP contribution is -2.31. The van der Waals surface area contributed by atoms with Gasteiger partial charge in [0, 0.05) is 30.9 Å². The molecule has 1 fully saturated rings. The summed E-state index contributed by atoms with van der Waals surface area (Å²) in [4.78, 5) is 14.6. The number of para-hydroxylation sites is 1. The van der Waals surface area contributed by atoms with E-state index in [0.717, 1.165) is 37.2 Å². The lowest BCUT2D eigenvalue weighted by Gasteiger charge is -2.18. The predicted molar refractivity (Wildman–Crippen MR) is 90.3 cm³/mol. The van der Waals surface area contributed by atoms with E-state index < -0.39 is 0 Å². The molecule has 0 bridgehead atoms. The Hall–Kier alpha value is -2.29. The minimum Gasteiger partial charge on any atom is -0.371 e. The molecule has 3 nitrogen and oxygen atoms in total. The number of anilines is 1. The van der Waals surface area contributed by atoms with E-state index in [4.69, 9.17) is 0 Å². The van der Waals surface area contributed by atoms with Gasteiger partial charge in [0.1, 0.15) is 0 Å². The van der Waals surface area contributed by atoms with E-state index in [1.54, 1.807) is 0 Å². The molecule has 1 heterocycles. The molecular weight excluding hydrogens is 272 g/mol. The first-order chi connectivity index (χ1) is 10.7. The number of rotatable bonds is 4. The number of hydrogen-bond donors (Lipinski definition) is 1. The van der Waals surface area contributed by atoms with Crippen molar-refractivity contribution in [3.63, 3.8) is 0 Å². The summed E-state index contributed by atoms with van der Waals surface area (Å²) in [5.41, 5.74) is 3.08. The van der Waals surface area contributed by atoms with Crippen molar-refractivity contribution in [1.82, 2.24) is 5.32 Å². The van der Waals surface area contributed by atoms with Crippen LogP contribution in [-0.2, 0) is 0 Å². The number of nitrogens with one attached hydrogen (secondary N) is 1. The summed E-state index contributed by atoms with van der Waals surface area (Å²) < 4.78 is 0. The molecule has 1 aliphatic heterocycles. The first kappa shape index (κ1) is 14.6. The fourth-order valence-electron chi connectivity index (χ4n) is 3.03. The van der Waals surface area contributed by atoms with Gasteiger partial charge >= 0.3 is 0 Å². The maximum absolute atomic E-state index is 12.2. The smallest absolute Gasteiger partial charge is 0.251 e. The minimum atomic E-state index is 0.0382. The Morgan fingerprint density at radius 1 is 1.14 bits per heavy atom. The van der Waals surface area contributed by atoms with Gasteiger partial charge in [0.2, 0.25) is 0 Å². The molecule has 1 N–H and O–H groups in total. The summed E-state index contributed by atoms with van der Waals surface area (Å²) in [6.45, 7) is 4.80. The van der Waals surface area contributed by atoms with Gasteiger partial charge in [0.25, 0.3) is 5.91 Å². The topological polar surface area (TPSA) is 32.3 Å². The van der Waals surface area contributed by atoms with Crippen molar-refractivity contribution in [2.24, 2.45) is 5.92 Å². The van der Waals surface area contributed by atoms with Crippen LogP contribution in [0.4, 0.5) is 5.69 Å². The van der Waals surface area contributed by atoms with Gasteiger partial charge in [-0.1, -0.05) is 36.4 Å². The van der Waals surface area contributed by atoms with Crippen LogP contribution in [0.3, 0.4) is 0 Å². The van der Waals surface area contributed by atoms with E-state index in [0.29, 0.717) is 5.92 Å². The monoisotopic (exact) mass is 294 g/mol. The van der Waals surface area contributed by atoms with Crippen LogP contribution in [0.15, 0.2) is 54.6 Å². The SMILES string of the molecule is Cc1ccccc1C(=O)NC[C@H]1CCN(c2ccccc2)C1. The standard InChI is InChI=1S/C19H22N2O/c1-15-7-5-6-10-18(15)19(22)20-13-16-11-12-21(14-16)17-8-3-2-4-9-17/h2-10,16H,11-14H2,1H3,(H,20,22)/t16-/m1/s1. The molecule has 3 rings (SSSR count). The Bertz CT molecular complexity index is 639. The van der Waals surface area contributed by atoms with Crippen molar-refractivity contribution < 1.29 is 4.79 Å². The van der Waals surface area contributed by atoms with Crippen molar-refractivity contribution >= 4 is 11.6 Å². The third-order valence-corrected chi connectivity index (χ3v) is 4.35. The zero-order valence-corrected chi connectivity index (χ0v) is 13.0. The quantitative estimate of drug-likeness (QED) is 0.939. The molecule has 0 aliphatic carbocycles. The zero-order chi connectivity index (χ0) is 15.4. The summed E-state index contributed by atoms with van der Waals surface area (Å²) in [5.74, 6) is 0.560. The normalized spacial score (nSPS) is 17.5. The van der Waals surface area contributed by atoms with Gasteiger partial charge in [-0.25, -0.2) is 0 Å². The average Bonchev–Trinajstić information content (AvgIpc) is 3.03. The van der Waals surface area contributed by atoms with Crippen molar-refractivity contribution in [2.45, 2.75) is 13.3 Å². The molecule has 114 valence electrons. The maximum atomic E-state index is 12.2. The highest BCUT2D eigenvalue weighted by atomic mass is 16.1. The van der Waals surface area contributed by atoms with Crippen LogP contribution < -0.4 is 10.2 Å². The Balaban J connectivity index is 1.53. The largest absolute Gasteiger partial charge is 0.371 e. The molecule has 0 radical (unpaired) electrons. The third-order valence-electron chi connectivity index (χ3n) is 4.35. The number of nitrogens with zero attached hydrogens (tertiary/aromatic N) is 1. The van der Waals surface area contributed by atoms with Crippen molar-refractivity contribution in [2.75, 3.05) is 24.5 Å². The van der Waals surface area contributed by atoms with Crippen LogP contribution in [0.5, 0.6) is 0 Å². The Morgan fingerprint density at radius 2 is 1.86 bits per heavy atom. The average molecular weight is 294 g/mol. The van der Waals surface area contributed by atoms with Gasteiger partial charge in [0.15, 0.2) is 0 Å². The van der Waals surface area contributed by atoms with Crippen LogP contribution >= 0.6 is 0 Å². The summed E-state index contributed by atoms with van der Waals surface area (Å²) in [7, 11) is 0. The minimum absolute atomic E-state index is 0.0382. The van der Waals surface area contributed by atoms with Gasteiger partial charge in [0.05, 0.1) is 0 Å². The summed E-state index contributed by atoms with van der Waals surface area (Å²) in [6.07, 6.45) is 1.13. The molecule has 0 saturated carbocycles. The molecule has 0 spiro atoms. The van der Waals surface area contributed by atoms with E-state index >= 15 is 0 Å². The third kappa shape index (κ3) is 3.30. The molecule has 3 heteroatoms. The molecular formula is C19H22N2O. The number of carbonyl (C=O) groups is 1. The fourth-order valence-corrected chi connectivity index (χ4v) is 3.03. The number of aryl methyl sites for hydroxylation is 1.